The molecule has 2 rings (SSSR count). The zero-order chi connectivity index (χ0) is 19.1. The van der Waals surface area contributed by atoms with Gasteiger partial charge >= 0.3 is 0 Å². The van der Waals surface area contributed by atoms with Gasteiger partial charge in [-0.3, -0.25) is 0 Å². The van der Waals surface area contributed by atoms with Crippen molar-refractivity contribution in [3.05, 3.63) is 58.9 Å². The summed E-state index contributed by atoms with van der Waals surface area (Å²) in [7, 11) is 2.75. The SMILES string of the molecule is COc1cccc([C@@H](C)NCCCCc2cc(F)c(F)c(OC)c2F)c1. The molecule has 0 fully saturated rings. The molecule has 0 aliphatic carbocycles. The summed E-state index contributed by atoms with van der Waals surface area (Å²) < 4.78 is 50.8. The van der Waals surface area contributed by atoms with Gasteiger partial charge in [0.05, 0.1) is 14.2 Å². The Morgan fingerprint density at radius 3 is 2.46 bits per heavy atom. The van der Waals surface area contributed by atoms with Crippen LogP contribution in [-0.4, -0.2) is 20.8 Å². The lowest BCUT2D eigenvalue weighted by atomic mass is 10.1. The van der Waals surface area contributed by atoms with Crippen molar-refractivity contribution in [3.8, 4) is 11.5 Å². The van der Waals surface area contributed by atoms with Gasteiger partial charge in [0.25, 0.3) is 0 Å². The van der Waals surface area contributed by atoms with Gasteiger partial charge in [-0.25, -0.2) is 8.78 Å². The van der Waals surface area contributed by atoms with E-state index in [9.17, 15) is 13.2 Å². The highest BCUT2D eigenvalue weighted by Crippen LogP contribution is 2.27. The zero-order valence-corrected chi connectivity index (χ0v) is 15.2. The molecule has 0 radical (unpaired) electrons. The van der Waals surface area contributed by atoms with Crippen LogP contribution in [0.4, 0.5) is 13.2 Å². The molecule has 142 valence electrons. The number of nitrogens with one attached hydrogen (secondary N) is 1. The predicted octanol–water partition coefficient (Wildman–Crippen LogP) is 4.79. The van der Waals surface area contributed by atoms with Gasteiger partial charge in [0.1, 0.15) is 5.75 Å². The third-order valence-corrected chi connectivity index (χ3v) is 4.31. The van der Waals surface area contributed by atoms with Gasteiger partial charge in [-0.2, -0.15) is 4.39 Å². The van der Waals surface area contributed by atoms with Gasteiger partial charge in [-0.05, 0) is 62.1 Å². The van der Waals surface area contributed by atoms with Gasteiger partial charge in [-0.15, -0.1) is 0 Å². The molecule has 0 aromatic heterocycles. The number of benzene rings is 2. The Kier molecular flexibility index (Phi) is 7.33. The molecule has 2 aromatic rings. The van der Waals surface area contributed by atoms with Crippen molar-refractivity contribution in [3.63, 3.8) is 0 Å². The molecule has 1 atom stereocenters. The first-order valence-electron chi connectivity index (χ1n) is 8.55. The van der Waals surface area contributed by atoms with Gasteiger partial charge < -0.3 is 14.8 Å². The van der Waals surface area contributed by atoms with Crippen molar-refractivity contribution < 1.29 is 22.6 Å². The maximum Gasteiger partial charge on any atom is 0.203 e. The van der Waals surface area contributed by atoms with Gasteiger partial charge in [-0.1, -0.05) is 12.1 Å². The summed E-state index contributed by atoms with van der Waals surface area (Å²) in [6.07, 6.45) is 1.73. The average molecular weight is 367 g/mol. The van der Waals surface area contributed by atoms with E-state index in [0.29, 0.717) is 12.8 Å². The summed E-state index contributed by atoms with van der Waals surface area (Å²) in [6, 6.07) is 8.86. The van der Waals surface area contributed by atoms with Crippen molar-refractivity contribution >= 4 is 0 Å². The fraction of sp³-hybridized carbons (Fsp3) is 0.400. The van der Waals surface area contributed by atoms with Crippen molar-refractivity contribution in [1.29, 1.82) is 0 Å². The number of unbranched alkanes of at least 4 members (excludes halogenated alkanes) is 1. The van der Waals surface area contributed by atoms with Crippen LogP contribution in [0.2, 0.25) is 0 Å². The summed E-state index contributed by atoms with van der Waals surface area (Å²) in [5.74, 6) is -3.07. The molecule has 0 bridgehead atoms. The topological polar surface area (TPSA) is 30.5 Å². The first kappa shape index (κ1) is 20.1. The Morgan fingerprint density at radius 2 is 1.77 bits per heavy atom. The third kappa shape index (κ3) is 4.91. The lowest BCUT2D eigenvalue weighted by Gasteiger charge is -2.15. The van der Waals surface area contributed by atoms with Crippen molar-refractivity contribution in [1.82, 2.24) is 5.32 Å². The van der Waals surface area contributed by atoms with Crippen molar-refractivity contribution in [2.45, 2.75) is 32.2 Å². The van der Waals surface area contributed by atoms with Crippen LogP contribution < -0.4 is 14.8 Å². The lowest BCUT2D eigenvalue weighted by molar-refractivity contribution is 0.344. The quantitative estimate of drug-likeness (QED) is 0.510. The molecule has 3 nitrogen and oxygen atoms in total. The Morgan fingerprint density at radius 1 is 1.00 bits per heavy atom. The Hall–Kier alpha value is -2.21. The van der Waals surface area contributed by atoms with E-state index in [1.807, 2.05) is 24.3 Å². The summed E-state index contributed by atoms with van der Waals surface area (Å²) in [4.78, 5) is 0. The van der Waals surface area contributed by atoms with Gasteiger partial charge in [0.15, 0.2) is 17.4 Å². The van der Waals surface area contributed by atoms with Crippen LogP contribution in [0.5, 0.6) is 11.5 Å². The van der Waals surface area contributed by atoms with E-state index in [1.54, 1.807) is 7.11 Å². The number of hydrogen-bond donors (Lipinski definition) is 1. The van der Waals surface area contributed by atoms with E-state index in [4.69, 9.17) is 4.74 Å². The molecule has 1 N–H and O–H groups in total. The molecule has 0 saturated carbocycles. The van der Waals surface area contributed by atoms with Crippen LogP contribution in [-0.2, 0) is 6.42 Å². The van der Waals surface area contributed by atoms with E-state index in [1.165, 1.54) is 0 Å². The number of ether oxygens (including phenoxy) is 2. The third-order valence-electron chi connectivity index (χ3n) is 4.31. The fourth-order valence-corrected chi connectivity index (χ4v) is 2.78. The van der Waals surface area contributed by atoms with Crippen LogP contribution in [0.1, 0.15) is 36.9 Å². The summed E-state index contributed by atoms with van der Waals surface area (Å²) in [5.41, 5.74) is 1.24. The van der Waals surface area contributed by atoms with Crippen LogP contribution in [0, 0.1) is 17.5 Å². The maximum atomic E-state index is 14.1. The second-order valence-electron chi connectivity index (χ2n) is 6.09. The molecule has 0 saturated heterocycles. The normalized spacial score (nSPS) is 12.1. The second-order valence-corrected chi connectivity index (χ2v) is 6.09. The standard InChI is InChI=1S/C20H24F3NO2/c1-13(14-8-6-9-16(11-14)25-2)24-10-5-4-7-15-12-17(21)19(23)20(26-3)18(15)22/h6,8-9,11-13,24H,4-5,7,10H2,1-3H3/t13-/m1/s1. The van der Waals surface area contributed by atoms with Crippen LogP contribution in [0.3, 0.4) is 0 Å². The Balaban J connectivity index is 1.83. The summed E-state index contributed by atoms with van der Waals surface area (Å²) in [5, 5.41) is 3.39. The minimum absolute atomic E-state index is 0.126. The highest BCUT2D eigenvalue weighted by atomic mass is 19.2. The smallest absolute Gasteiger partial charge is 0.203 e. The van der Waals surface area contributed by atoms with Crippen LogP contribution in [0.15, 0.2) is 30.3 Å². The van der Waals surface area contributed by atoms with Gasteiger partial charge in [0.2, 0.25) is 5.82 Å². The van der Waals surface area contributed by atoms with E-state index in [2.05, 4.69) is 17.0 Å². The van der Waals surface area contributed by atoms with E-state index in [-0.39, 0.29) is 11.6 Å². The lowest BCUT2D eigenvalue weighted by Crippen LogP contribution is -2.20. The van der Waals surface area contributed by atoms with Crippen molar-refractivity contribution in [2.75, 3.05) is 20.8 Å². The number of halogens is 3. The Labute approximate surface area is 152 Å². The molecule has 0 aliphatic heterocycles. The first-order chi connectivity index (χ1) is 12.5. The summed E-state index contributed by atoms with van der Waals surface area (Å²) >= 11 is 0. The van der Waals surface area contributed by atoms with E-state index in [0.717, 1.165) is 37.5 Å². The van der Waals surface area contributed by atoms with Gasteiger partial charge in [0, 0.05) is 6.04 Å². The molecule has 26 heavy (non-hydrogen) atoms. The maximum absolute atomic E-state index is 14.1. The second kappa shape index (κ2) is 9.48. The average Bonchev–Trinajstić information content (AvgIpc) is 2.65. The molecule has 0 amide bonds. The molecule has 6 heteroatoms. The highest BCUT2D eigenvalue weighted by Gasteiger charge is 2.19. The fourth-order valence-electron chi connectivity index (χ4n) is 2.78. The molecule has 0 aliphatic rings. The molecule has 2 aromatic carbocycles. The number of hydrogen-bond acceptors (Lipinski definition) is 3. The molecular weight excluding hydrogens is 343 g/mol. The first-order valence-corrected chi connectivity index (χ1v) is 8.55. The number of rotatable bonds is 9. The predicted molar refractivity (Wildman–Crippen MR) is 95.2 cm³/mol. The van der Waals surface area contributed by atoms with Crippen LogP contribution in [0.25, 0.3) is 0 Å². The molecule has 0 heterocycles. The minimum atomic E-state index is -1.29. The Bertz CT molecular complexity index is 737. The molecular formula is C20H24F3NO2. The molecule has 0 spiro atoms. The van der Waals surface area contributed by atoms with Crippen LogP contribution >= 0.6 is 0 Å². The monoisotopic (exact) mass is 367 g/mol. The molecule has 0 unspecified atom stereocenters. The summed E-state index contributed by atoms with van der Waals surface area (Å²) in [6.45, 7) is 2.77. The highest BCUT2D eigenvalue weighted by molar-refractivity contribution is 5.34. The number of aryl methyl sites for hydroxylation is 1. The van der Waals surface area contributed by atoms with E-state index >= 15 is 0 Å². The largest absolute Gasteiger partial charge is 0.497 e. The zero-order valence-electron chi connectivity index (χ0n) is 15.2. The van der Waals surface area contributed by atoms with Crippen molar-refractivity contribution in [2.24, 2.45) is 0 Å². The minimum Gasteiger partial charge on any atom is -0.497 e. The number of methoxy groups -OCH3 is 2. The van der Waals surface area contributed by atoms with E-state index < -0.39 is 23.2 Å².